The first-order chi connectivity index (χ1) is 8.70. The van der Waals surface area contributed by atoms with Crippen LogP contribution in [0.1, 0.15) is 38.5 Å². The number of nitrogens with one attached hydrogen (secondary N) is 1. The number of hydrogen-bond acceptors (Lipinski definition) is 3. The van der Waals surface area contributed by atoms with Crippen molar-refractivity contribution in [1.82, 2.24) is 10.2 Å². The van der Waals surface area contributed by atoms with Crippen molar-refractivity contribution in [3.8, 4) is 0 Å². The number of amides is 1. The lowest BCUT2D eigenvalue weighted by molar-refractivity contribution is -0.125. The van der Waals surface area contributed by atoms with Crippen molar-refractivity contribution >= 4 is 5.91 Å². The van der Waals surface area contributed by atoms with Gasteiger partial charge in [0.2, 0.25) is 5.91 Å². The van der Waals surface area contributed by atoms with Crippen molar-refractivity contribution < 1.29 is 4.79 Å². The Balaban J connectivity index is 1.83. The van der Waals surface area contributed by atoms with Gasteiger partial charge in [-0.2, -0.15) is 0 Å². The molecule has 1 saturated carbocycles. The van der Waals surface area contributed by atoms with Crippen molar-refractivity contribution in [2.45, 2.75) is 44.6 Å². The summed E-state index contributed by atoms with van der Waals surface area (Å²) in [5, 5.41) is 3.21. The molecule has 2 aliphatic rings. The highest BCUT2D eigenvalue weighted by Crippen LogP contribution is 2.26. The van der Waals surface area contributed by atoms with E-state index in [1.54, 1.807) is 0 Å². The summed E-state index contributed by atoms with van der Waals surface area (Å²) in [5.41, 5.74) is 5.85. The number of carbonyl (C=O) groups is 1. The van der Waals surface area contributed by atoms with Gasteiger partial charge in [0.15, 0.2) is 0 Å². The third-order valence-corrected chi connectivity index (χ3v) is 4.56. The van der Waals surface area contributed by atoms with Crippen molar-refractivity contribution in [3.63, 3.8) is 0 Å². The van der Waals surface area contributed by atoms with Crippen molar-refractivity contribution in [2.24, 2.45) is 17.6 Å². The Hall–Kier alpha value is -0.610. The topological polar surface area (TPSA) is 58.4 Å². The summed E-state index contributed by atoms with van der Waals surface area (Å²) in [5.74, 6) is 1.000. The Morgan fingerprint density at radius 3 is 2.61 bits per heavy atom. The fourth-order valence-electron chi connectivity index (χ4n) is 3.36. The third-order valence-electron chi connectivity index (χ3n) is 4.56. The lowest BCUT2D eigenvalue weighted by Gasteiger charge is -2.30. The molecule has 1 aliphatic carbocycles. The highest BCUT2D eigenvalue weighted by atomic mass is 16.2. The molecule has 0 aromatic rings. The molecule has 1 aliphatic heterocycles. The van der Waals surface area contributed by atoms with Gasteiger partial charge in [-0.25, -0.2) is 0 Å². The van der Waals surface area contributed by atoms with Gasteiger partial charge in [-0.1, -0.05) is 19.3 Å². The molecule has 0 spiro atoms. The Kier molecular flexibility index (Phi) is 5.01. The first-order valence-electron chi connectivity index (χ1n) is 7.39. The molecule has 0 aromatic heterocycles. The number of nitrogens with zero attached hydrogens (tertiary/aromatic N) is 1. The normalized spacial score (nSPS) is 28.2. The molecular formula is C14H27N3O. The van der Waals surface area contributed by atoms with Gasteiger partial charge < -0.3 is 16.0 Å². The van der Waals surface area contributed by atoms with Crippen LogP contribution in [0.3, 0.4) is 0 Å². The zero-order valence-corrected chi connectivity index (χ0v) is 11.5. The van der Waals surface area contributed by atoms with E-state index in [0.29, 0.717) is 12.5 Å². The van der Waals surface area contributed by atoms with Gasteiger partial charge in [0, 0.05) is 19.1 Å². The van der Waals surface area contributed by atoms with E-state index in [-0.39, 0.29) is 17.9 Å². The minimum atomic E-state index is 0.174. The maximum absolute atomic E-state index is 12.2. The van der Waals surface area contributed by atoms with E-state index in [2.05, 4.69) is 17.3 Å². The molecule has 2 rings (SSSR count). The maximum atomic E-state index is 12.2. The van der Waals surface area contributed by atoms with E-state index in [1.165, 1.54) is 32.1 Å². The van der Waals surface area contributed by atoms with Gasteiger partial charge in [0.05, 0.1) is 5.92 Å². The molecule has 4 heteroatoms. The van der Waals surface area contributed by atoms with E-state index in [9.17, 15) is 4.79 Å². The van der Waals surface area contributed by atoms with Crippen LogP contribution >= 0.6 is 0 Å². The van der Waals surface area contributed by atoms with Crippen LogP contribution in [-0.2, 0) is 4.79 Å². The Morgan fingerprint density at radius 1 is 1.33 bits per heavy atom. The summed E-state index contributed by atoms with van der Waals surface area (Å²) in [4.78, 5) is 14.4. The van der Waals surface area contributed by atoms with Crippen LogP contribution in [0.5, 0.6) is 0 Å². The number of nitrogens with two attached hydrogens (primary N) is 1. The second-order valence-electron chi connectivity index (χ2n) is 6.00. The van der Waals surface area contributed by atoms with Crippen LogP contribution in [0.15, 0.2) is 0 Å². The van der Waals surface area contributed by atoms with E-state index >= 15 is 0 Å². The number of likely N-dealkylation sites (tertiary alicyclic amines) is 1. The fourth-order valence-corrected chi connectivity index (χ4v) is 3.36. The zero-order valence-electron chi connectivity index (χ0n) is 11.5. The van der Waals surface area contributed by atoms with Gasteiger partial charge in [0.25, 0.3) is 0 Å². The summed E-state index contributed by atoms with van der Waals surface area (Å²) in [6.45, 7) is 2.52. The van der Waals surface area contributed by atoms with Gasteiger partial charge in [-0.15, -0.1) is 0 Å². The Morgan fingerprint density at radius 2 is 2.06 bits per heavy atom. The molecule has 1 saturated heterocycles. The number of rotatable bonds is 4. The molecule has 2 fully saturated rings. The van der Waals surface area contributed by atoms with Crippen LogP contribution in [0, 0.1) is 11.8 Å². The molecule has 0 bridgehead atoms. The SMILES string of the molecule is CN1CCC(C(=O)NC(CN)C2CCCCC2)C1. The standard InChI is InChI=1S/C14H27N3O/c1-17-8-7-12(10-17)14(18)16-13(9-15)11-5-3-2-4-6-11/h11-13H,2-10,15H2,1H3,(H,16,18). The number of carbonyl (C=O) groups excluding carboxylic acids is 1. The van der Waals surface area contributed by atoms with Gasteiger partial charge in [-0.3, -0.25) is 4.79 Å². The van der Waals surface area contributed by atoms with Crippen LogP contribution in [0.2, 0.25) is 0 Å². The second kappa shape index (κ2) is 6.53. The zero-order chi connectivity index (χ0) is 13.0. The Labute approximate surface area is 110 Å². The van der Waals surface area contributed by atoms with Gasteiger partial charge in [-0.05, 0) is 38.8 Å². The molecule has 0 aromatic carbocycles. The smallest absolute Gasteiger partial charge is 0.224 e. The molecule has 18 heavy (non-hydrogen) atoms. The van der Waals surface area contributed by atoms with Crippen LogP contribution < -0.4 is 11.1 Å². The summed E-state index contributed by atoms with van der Waals surface area (Å²) in [6, 6.07) is 0.198. The van der Waals surface area contributed by atoms with Crippen LogP contribution in [-0.4, -0.2) is 43.5 Å². The quantitative estimate of drug-likeness (QED) is 0.784. The van der Waals surface area contributed by atoms with Gasteiger partial charge in [0.1, 0.15) is 0 Å². The minimum Gasteiger partial charge on any atom is -0.352 e. The van der Waals surface area contributed by atoms with Crippen LogP contribution in [0.4, 0.5) is 0 Å². The molecular weight excluding hydrogens is 226 g/mol. The minimum absolute atomic E-state index is 0.174. The molecule has 3 N–H and O–H groups in total. The highest BCUT2D eigenvalue weighted by Gasteiger charge is 2.30. The van der Waals surface area contributed by atoms with Crippen molar-refractivity contribution in [2.75, 3.05) is 26.7 Å². The molecule has 104 valence electrons. The number of hydrogen-bond donors (Lipinski definition) is 2. The third kappa shape index (κ3) is 3.45. The molecule has 2 unspecified atom stereocenters. The van der Waals surface area contributed by atoms with E-state index in [0.717, 1.165) is 19.5 Å². The average Bonchev–Trinajstić information content (AvgIpc) is 2.83. The lowest BCUT2D eigenvalue weighted by Crippen LogP contribution is -2.48. The largest absolute Gasteiger partial charge is 0.352 e. The summed E-state index contributed by atoms with van der Waals surface area (Å²) < 4.78 is 0. The molecule has 1 heterocycles. The summed E-state index contributed by atoms with van der Waals surface area (Å²) in [6.07, 6.45) is 7.38. The second-order valence-corrected chi connectivity index (χ2v) is 6.00. The molecule has 2 atom stereocenters. The van der Waals surface area contributed by atoms with E-state index < -0.39 is 0 Å². The predicted octanol–water partition coefficient (Wildman–Crippen LogP) is 0.962. The summed E-state index contributed by atoms with van der Waals surface area (Å²) >= 11 is 0. The maximum Gasteiger partial charge on any atom is 0.224 e. The lowest BCUT2D eigenvalue weighted by atomic mass is 9.83. The molecule has 0 radical (unpaired) electrons. The van der Waals surface area contributed by atoms with Gasteiger partial charge >= 0.3 is 0 Å². The van der Waals surface area contributed by atoms with Crippen molar-refractivity contribution in [3.05, 3.63) is 0 Å². The first kappa shape index (κ1) is 13.8. The first-order valence-corrected chi connectivity index (χ1v) is 7.39. The molecule has 1 amide bonds. The predicted molar refractivity (Wildman–Crippen MR) is 73.2 cm³/mol. The summed E-state index contributed by atoms with van der Waals surface area (Å²) in [7, 11) is 2.08. The highest BCUT2D eigenvalue weighted by molar-refractivity contribution is 5.79. The average molecular weight is 253 g/mol. The van der Waals surface area contributed by atoms with Crippen LogP contribution in [0.25, 0.3) is 0 Å². The Bertz CT molecular complexity index is 276. The fraction of sp³-hybridized carbons (Fsp3) is 0.929. The molecule has 4 nitrogen and oxygen atoms in total. The van der Waals surface area contributed by atoms with E-state index in [4.69, 9.17) is 5.73 Å². The van der Waals surface area contributed by atoms with E-state index in [1.807, 2.05) is 0 Å². The van der Waals surface area contributed by atoms with Crippen molar-refractivity contribution in [1.29, 1.82) is 0 Å². The monoisotopic (exact) mass is 253 g/mol.